The van der Waals surface area contributed by atoms with E-state index in [1.807, 2.05) is 0 Å². The van der Waals surface area contributed by atoms with Crippen molar-refractivity contribution >= 4 is 10.0 Å². The zero-order valence-electron chi connectivity index (χ0n) is 11.5. The van der Waals surface area contributed by atoms with E-state index in [4.69, 9.17) is 0 Å². The molecule has 1 aliphatic rings. The first-order chi connectivity index (χ1) is 9.00. The minimum absolute atomic E-state index is 0.148. The van der Waals surface area contributed by atoms with Crippen LogP contribution in [0.3, 0.4) is 0 Å². The third-order valence-corrected chi connectivity index (χ3v) is 5.17. The molecule has 2 rings (SSSR count). The predicted octanol–water partition coefficient (Wildman–Crippen LogP) is 1.38. The summed E-state index contributed by atoms with van der Waals surface area (Å²) in [5, 5.41) is 3.30. The molecule has 19 heavy (non-hydrogen) atoms. The molecule has 1 aromatic carbocycles. The van der Waals surface area contributed by atoms with Crippen molar-refractivity contribution in [3.05, 3.63) is 35.4 Å². The lowest BCUT2D eigenvalue weighted by molar-refractivity contribution is 0.296. The highest BCUT2D eigenvalue weighted by Crippen LogP contribution is 2.36. The topological polar surface area (TPSA) is 58.2 Å². The van der Waals surface area contributed by atoms with E-state index in [1.165, 1.54) is 18.2 Å². The molecular formula is C14H22N2O2S. The van der Waals surface area contributed by atoms with Gasteiger partial charge in [0.1, 0.15) is 0 Å². The summed E-state index contributed by atoms with van der Waals surface area (Å²) in [5.41, 5.74) is 2.68. The number of rotatable bonds is 6. The summed E-state index contributed by atoms with van der Waals surface area (Å²) in [6.07, 6.45) is 2.20. The van der Waals surface area contributed by atoms with Crippen LogP contribution in [0.4, 0.5) is 0 Å². The first-order valence-electron chi connectivity index (χ1n) is 6.71. The number of aryl methyl sites for hydroxylation is 1. The molecule has 0 bridgehead atoms. The van der Waals surface area contributed by atoms with Crippen LogP contribution in [0, 0.1) is 6.92 Å². The highest BCUT2D eigenvalue weighted by molar-refractivity contribution is 7.89. The van der Waals surface area contributed by atoms with E-state index < -0.39 is 10.0 Å². The van der Waals surface area contributed by atoms with Crippen molar-refractivity contribution in [1.29, 1.82) is 0 Å². The van der Waals surface area contributed by atoms with Crippen LogP contribution in [0.15, 0.2) is 24.3 Å². The maximum absolute atomic E-state index is 11.3. The second kappa shape index (κ2) is 6.03. The molecule has 2 N–H and O–H groups in total. The van der Waals surface area contributed by atoms with Crippen molar-refractivity contribution < 1.29 is 8.42 Å². The van der Waals surface area contributed by atoms with Gasteiger partial charge in [-0.05, 0) is 38.3 Å². The summed E-state index contributed by atoms with van der Waals surface area (Å²) in [5.74, 6) is 0.772. The molecule has 0 aliphatic heterocycles. The molecular weight excluding hydrogens is 260 g/mol. The molecule has 0 atom stereocenters. The molecule has 0 saturated heterocycles. The standard InChI is InChI=1S/C14H22N2O2S/c1-11-3-5-12(6-4-11)13-9-14(10-13)16-7-8-19(17,18)15-2/h3-6,13-16H,7-10H2,1-2H3. The Balaban J connectivity index is 1.71. The van der Waals surface area contributed by atoms with Crippen molar-refractivity contribution in [2.24, 2.45) is 0 Å². The lowest BCUT2D eigenvalue weighted by Crippen LogP contribution is -2.42. The van der Waals surface area contributed by atoms with Crippen molar-refractivity contribution in [2.75, 3.05) is 19.3 Å². The van der Waals surface area contributed by atoms with E-state index >= 15 is 0 Å². The fourth-order valence-electron chi connectivity index (χ4n) is 2.39. The Bertz CT molecular complexity index is 505. The van der Waals surface area contributed by atoms with E-state index in [0.717, 1.165) is 12.8 Å². The molecule has 1 aliphatic carbocycles. The van der Waals surface area contributed by atoms with Crippen LogP contribution in [-0.4, -0.2) is 33.8 Å². The van der Waals surface area contributed by atoms with Gasteiger partial charge in [0.05, 0.1) is 5.75 Å². The Morgan fingerprint density at radius 2 is 1.84 bits per heavy atom. The van der Waals surface area contributed by atoms with Crippen LogP contribution in [0.2, 0.25) is 0 Å². The number of benzene rings is 1. The normalized spacial score (nSPS) is 23.1. The monoisotopic (exact) mass is 282 g/mol. The summed E-state index contributed by atoms with van der Waals surface area (Å²) < 4.78 is 24.8. The highest BCUT2D eigenvalue weighted by atomic mass is 32.2. The Labute approximate surface area is 115 Å². The fraction of sp³-hybridized carbons (Fsp3) is 0.571. The molecule has 0 unspecified atom stereocenters. The minimum atomic E-state index is -3.08. The molecule has 106 valence electrons. The molecule has 0 radical (unpaired) electrons. The zero-order valence-corrected chi connectivity index (χ0v) is 12.3. The molecule has 0 spiro atoms. The van der Waals surface area contributed by atoms with Gasteiger partial charge in [0.15, 0.2) is 0 Å². The van der Waals surface area contributed by atoms with Crippen molar-refractivity contribution in [2.45, 2.75) is 31.7 Å². The maximum Gasteiger partial charge on any atom is 0.212 e. The van der Waals surface area contributed by atoms with Crippen LogP contribution in [0.5, 0.6) is 0 Å². The molecule has 0 amide bonds. The summed E-state index contributed by atoms with van der Waals surface area (Å²) in [6, 6.07) is 9.15. The lowest BCUT2D eigenvalue weighted by atomic mass is 9.76. The molecule has 0 heterocycles. The molecule has 4 nitrogen and oxygen atoms in total. The van der Waals surface area contributed by atoms with Gasteiger partial charge in [0, 0.05) is 12.6 Å². The van der Waals surface area contributed by atoms with Gasteiger partial charge in [-0.25, -0.2) is 13.1 Å². The van der Waals surface area contributed by atoms with Gasteiger partial charge >= 0.3 is 0 Å². The van der Waals surface area contributed by atoms with E-state index in [-0.39, 0.29) is 5.75 Å². The third-order valence-electron chi connectivity index (χ3n) is 3.80. The van der Waals surface area contributed by atoms with E-state index in [9.17, 15) is 8.42 Å². The Morgan fingerprint density at radius 1 is 1.21 bits per heavy atom. The first-order valence-corrected chi connectivity index (χ1v) is 8.36. The van der Waals surface area contributed by atoms with Crippen LogP contribution >= 0.6 is 0 Å². The smallest absolute Gasteiger partial charge is 0.212 e. The number of hydrogen-bond acceptors (Lipinski definition) is 3. The third kappa shape index (κ3) is 4.03. The predicted molar refractivity (Wildman–Crippen MR) is 77.8 cm³/mol. The van der Waals surface area contributed by atoms with Crippen LogP contribution < -0.4 is 10.0 Å². The van der Waals surface area contributed by atoms with Crippen LogP contribution in [0.25, 0.3) is 0 Å². The van der Waals surface area contributed by atoms with Crippen molar-refractivity contribution in [3.63, 3.8) is 0 Å². The average Bonchev–Trinajstić information content (AvgIpc) is 2.34. The second-order valence-corrected chi connectivity index (χ2v) is 7.30. The minimum Gasteiger partial charge on any atom is -0.313 e. The maximum atomic E-state index is 11.3. The first kappa shape index (κ1) is 14.5. The molecule has 1 saturated carbocycles. The van der Waals surface area contributed by atoms with Gasteiger partial charge in [-0.3, -0.25) is 0 Å². The largest absolute Gasteiger partial charge is 0.313 e. The Hall–Kier alpha value is -0.910. The van der Waals surface area contributed by atoms with E-state index in [1.54, 1.807) is 0 Å². The summed E-state index contributed by atoms with van der Waals surface area (Å²) in [6.45, 7) is 2.62. The average molecular weight is 282 g/mol. The quantitative estimate of drug-likeness (QED) is 0.829. The number of hydrogen-bond donors (Lipinski definition) is 2. The van der Waals surface area contributed by atoms with Crippen molar-refractivity contribution in [1.82, 2.24) is 10.0 Å². The SMILES string of the molecule is CNS(=O)(=O)CCNC1CC(c2ccc(C)cc2)C1. The molecule has 0 aromatic heterocycles. The lowest BCUT2D eigenvalue weighted by Gasteiger charge is -2.36. The summed E-state index contributed by atoms with van der Waals surface area (Å²) >= 11 is 0. The summed E-state index contributed by atoms with van der Waals surface area (Å²) in [4.78, 5) is 0. The van der Waals surface area contributed by atoms with Gasteiger partial charge in [-0.2, -0.15) is 0 Å². The van der Waals surface area contributed by atoms with Crippen molar-refractivity contribution in [3.8, 4) is 0 Å². The molecule has 1 aromatic rings. The van der Waals surface area contributed by atoms with Gasteiger partial charge in [-0.15, -0.1) is 0 Å². The summed E-state index contributed by atoms with van der Waals surface area (Å²) in [7, 11) is -1.63. The van der Waals surface area contributed by atoms with E-state index in [2.05, 4.69) is 41.2 Å². The van der Waals surface area contributed by atoms with Crippen LogP contribution in [0.1, 0.15) is 29.9 Å². The molecule has 5 heteroatoms. The zero-order chi connectivity index (χ0) is 13.9. The Morgan fingerprint density at radius 3 is 2.42 bits per heavy atom. The van der Waals surface area contributed by atoms with Gasteiger partial charge in [0.2, 0.25) is 10.0 Å². The van der Waals surface area contributed by atoms with Gasteiger partial charge < -0.3 is 5.32 Å². The number of sulfonamides is 1. The fourth-order valence-corrected chi connectivity index (χ4v) is 2.99. The highest BCUT2D eigenvalue weighted by Gasteiger charge is 2.29. The van der Waals surface area contributed by atoms with Gasteiger partial charge in [-0.1, -0.05) is 29.8 Å². The second-order valence-electron chi connectivity index (χ2n) is 5.25. The van der Waals surface area contributed by atoms with Gasteiger partial charge in [0.25, 0.3) is 0 Å². The van der Waals surface area contributed by atoms with E-state index in [0.29, 0.717) is 18.5 Å². The Kier molecular flexibility index (Phi) is 4.60. The van der Waals surface area contributed by atoms with Crippen LogP contribution in [-0.2, 0) is 10.0 Å². The molecule has 1 fully saturated rings. The number of nitrogens with one attached hydrogen (secondary N) is 2.